The van der Waals surface area contributed by atoms with Crippen LogP contribution >= 0.6 is 11.8 Å². The summed E-state index contributed by atoms with van der Waals surface area (Å²) in [5.41, 5.74) is 8.97. The molecule has 1 atom stereocenters. The van der Waals surface area contributed by atoms with Crippen LogP contribution in [0.1, 0.15) is 12.5 Å². The van der Waals surface area contributed by atoms with Crippen LogP contribution in [-0.2, 0) is 0 Å². The molecule has 0 saturated heterocycles. The molecule has 0 aliphatic rings. The summed E-state index contributed by atoms with van der Waals surface area (Å²) in [6, 6.07) is 5.99. The van der Waals surface area contributed by atoms with E-state index < -0.39 is 0 Å². The molecule has 2 nitrogen and oxygen atoms in total. The number of hydrogen-bond donors (Lipinski definition) is 2. The molecule has 1 unspecified atom stereocenters. The van der Waals surface area contributed by atoms with Gasteiger partial charge >= 0.3 is 0 Å². The first-order valence-electron chi connectivity index (χ1n) is 5.22. The zero-order valence-corrected chi connectivity index (χ0v) is 10.5. The third-order valence-corrected chi connectivity index (χ3v) is 3.26. The zero-order chi connectivity index (χ0) is 11.3. The minimum absolute atomic E-state index is 0.681. The zero-order valence-electron chi connectivity index (χ0n) is 9.71. The molecule has 0 aliphatic heterocycles. The molecule has 0 fully saturated rings. The number of nitrogens with one attached hydrogen (secondary N) is 1. The van der Waals surface area contributed by atoms with Gasteiger partial charge in [0.1, 0.15) is 0 Å². The van der Waals surface area contributed by atoms with Crippen LogP contribution in [0.3, 0.4) is 0 Å². The van der Waals surface area contributed by atoms with Gasteiger partial charge in [-0.1, -0.05) is 13.0 Å². The van der Waals surface area contributed by atoms with Gasteiger partial charge in [0.2, 0.25) is 0 Å². The topological polar surface area (TPSA) is 38.0 Å². The molecular formula is C12H20N2S. The number of nitrogen functional groups attached to an aromatic ring is 1. The second kappa shape index (κ2) is 5.91. The van der Waals surface area contributed by atoms with Crippen LogP contribution < -0.4 is 11.1 Å². The molecule has 0 spiro atoms. The molecule has 0 radical (unpaired) electrons. The number of hydrogen-bond acceptors (Lipinski definition) is 3. The quantitative estimate of drug-likeness (QED) is 0.755. The van der Waals surface area contributed by atoms with E-state index in [2.05, 4.69) is 31.5 Å². The Hall–Kier alpha value is -0.830. The second-order valence-corrected chi connectivity index (χ2v) is 4.93. The van der Waals surface area contributed by atoms with Crippen molar-refractivity contribution in [3.63, 3.8) is 0 Å². The highest BCUT2D eigenvalue weighted by Crippen LogP contribution is 2.18. The van der Waals surface area contributed by atoms with Crippen LogP contribution in [0.4, 0.5) is 11.4 Å². The van der Waals surface area contributed by atoms with Crippen molar-refractivity contribution in [2.24, 2.45) is 5.92 Å². The number of anilines is 2. The third-order valence-electron chi connectivity index (χ3n) is 2.35. The first-order chi connectivity index (χ1) is 7.13. The minimum Gasteiger partial charge on any atom is -0.399 e. The summed E-state index contributed by atoms with van der Waals surface area (Å²) in [5.74, 6) is 1.87. The number of thioether (sulfide) groups is 1. The molecule has 1 aromatic carbocycles. The molecule has 0 aliphatic carbocycles. The monoisotopic (exact) mass is 224 g/mol. The van der Waals surface area contributed by atoms with Crippen LogP contribution in [0.15, 0.2) is 18.2 Å². The largest absolute Gasteiger partial charge is 0.399 e. The third kappa shape index (κ3) is 4.04. The Morgan fingerprint density at radius 1 is 1.47 bits per heavy atom. The molecule has 1 rings (SSSR count). The summed E-state index contributed by atoms with van der Waals surface area (Å²) in [4.78, 5) is 0. The molecule has 0 heterocycles. The van der Waals surface area contributed by atoms with Gasteiger partial charge in [0.25, 0.3) is 0 Å². The minimum atomic E-state index is 0.681. The lowest BCUT2D eigenvalue weighted by Crippen LogP contribution is -2.14. The molecule has 0 aromatic heterocycles. The summed E-state index contributed by atoms with van der Waals surface area (Å²) < 4.78 is 0. The first-order valence-corrected chi connectivity index (χ1v) is 6.61. The Morgan fingerprint density at radius 3 is 2.87 bits per heavy atom. The van der Waals surface area contributed by atoms with Gasteiger partial charge in [0.05, 0.1) is 0 Å². The van der Waals surface area contributed by atoms with E-state index in [0.29, 0.717) is 5.92 Å². The summed E-state index contributed by atoms with van der Waals surface area (Å²) in [6.07, 6.45) is 2.14. The number of benzene rings is 1. The van der Waals surface area contributed by atoms with Crippen molar-refractivity contribution in [1.29, 1.82) is 0 Å². The lowest BCUT2D eigenvalue weighted by atomic mass is 10.1. The highest BCUT2D eigenvalue weighted by atomic mass is 32.2. The first kappa shape index (κ1) is 12.2. The van der Waals surface area contributed by atoms with E-state index in [-0.39, 0.29) is 0 Å². The molecule has 3 N–H and O–H groups in total. The van der Waals surface area contributed by atoms with Gasteiger partial charge in [0.15, 0.2) is 0 Å². The van der Waals surface area contributed by atoms with Gasteiger partial charge in [-0.15, -0.1) is 0 Å². The van der Waals surface area contributed by atoms with E-state index >= 15 is 0 Å². The Bertz CT molecular complexity index is 312. The molecule has 1 aromatic rings. The second-order valence-electron chi connectivity index (χ2n) is 4.02. The van der Waals surface area contributed by atoms with E-state index in [1.165, 1.54) is 11.3 Å². The summed E-state index contributed by atoms with van der Waals surface area (Å²) >= 11 is 1.89. The molecule has 0 saturated carbocycles. The fourth-order valence-electron chi connectivity index (χ4n) is 1.46. The Morgan fingerprint density at radius 2 is 2.20 bits per heavy atom. The Labute approximate surface area is 96.6 Å². The molecule has 84 valence electrons. The highest BCUT2D eigenvalue weighted by molar-refractivity contribution is 7.98. The van der Waals surface area contributed by atoms with E-state index in [1.54, 1.807) is 0 Å². The van der Waals surface area contributed by atoms with Gasteiger partial charge in [-0.3, -0.25) is 0 Å². The Balaban J connectivity index is 2.53. The molecule has 0 amide bonds. The predicted molar refractivity (Wildman–Crippen MR) is 71.6 cm³/mol. The van der Waals surface area contributed by atoms with Gasteiger partial charge in [-0.05, 0) is 42.5 Å². The fourth-order valence-corrected chi connectivity index (χ4v) is 2.14. The lowest BCUT2D eigenvalue weighted by Gasteiger charge is -2.14. The van der Waals surface area contributed by atoms with Crippen molar-refractivity contribution in [2.45, 2.75) is 13.8 Å². The maximum Gasteiger partial charge on any atom is 0.0390 e. The van der Waals surface area contributed by atoms with Gasteiger partial charge in [0, 0.05) is 17.9 Å². The van der Waals surface area contributed by atoms with Crippen LogP contribution in [0.2, 0.25) is 0 Å². The maximum absolute atomic E-state index is 5.75. The molecule has 3 heteroatoms. The average Bonchev–Trinajstić information content (AvgIpc) is 2.20. The van der Waals surface area contributed by atoms with Crippen LogP contribution in [-0.4, -0.2) is 18.6 Å². The number of rotatable bonds is 5. The van der Waals surface area contributed by atoms with E-state index in [0.717, 1.165) is 17.9 Å². The number of nitrogens with two attached hydrogens (primary N) is 1. The van der Waals surface area contributed by atoms with Crippen molar-refractivity contribution in [1.82, 2.24) is 0 Å². The Kier molecular flexibility index (Phi) is 4.82. The van der Waals surface area contributed by atoms with Gasteiger partial charge < -0.3 is 11.1 Å². The SMILES string of the molecule is CSCC(C)CNc1cc(N)ccc1C. The van der Waals surface area contributed by atoms with Crippen molar-refractivity contribution < 1.29 is 0 Å². The molecule has 0 bridgehead atoms. The van der Waals surface area contributed by atoms with E-state index in [4.69, 9.17) is 5.73 Å². The average molecular weight is 224 g/mol. The van der Waals surface area contributed by atoms with Gasteiger partial charge in [-0.2, -0.15) is 11.8 Å². The predicted octanol–water partition coefficient (Wildman–Crippen LogP) is 2.99. The summed E-state index contributed by atoms with van der Waals surface area (Å²) in [7, 11) is 0. The van der Waals surface area contributed by atoms with E-state index in [1.807, 2.05) is 23.9 Å². The summed E-state index contributed by atoms with van der Waals surface area (Å²) in [5, 5.41) is 3.44. The lowest BCUT2D eigenvalue weighted by molar-refractivity contribution is 0.701. The smallest absolute Gasteiger partial charge is 0.0390 e. The van der Waals surface area contributed by atoms with Crippen molar-refractivity contribution in [3.05, 3.63) is 23.8 Å². The van der Waals surface area contributed by atoms with Crippen LogP contribution in [0.5, 0.6) is 0 Å². The standard InChI is InChI=1S/C12H20N2S/c1-9(8-15-3)7-14-12-6-11(13)5-4-10(12)2/h4-6,9,14H,7-8,13H2,1-3H3. The van der Waals surface area contributed by atoms with Crippen molar-refractivity contribution in [3.8, 4) is 0 Å². The molecular weight excluding hydrogens is 204 g/mol. The van der Waals surface area contributed by atoms with E-state index in [9.17, 15) is 0 Å². The number of aryl methyl sites for hydroxylation is 1. The van der Waals surface area contributed by atoms with Crippen molar-refractivity contribution in [2.75, 3.05) is 29.6 Å². The fraction of sp³-hybridized carbons (Fsp3) is 0.500. The van der Waals surface area contributed by atoms with Crippen LogP contribution in [0, 0.1) is 12.8 Å². The van der Waals surface area contributed by atoms with Crippen molar-refractivity contribution >= 4 is 23.1 Å². The molecule has 15 heavy (non-hydrogen) atoms. The maximum atomic E-state index is 5.75. The van der Waals surface area contributed by atoms with Crippen LogP contribution in [0.25, 0.3) is 0 Å². The van der Waals surface area contributed by atoms with Gasteiger partial charge in [-0.25, -0.2) is 0 Å². The highest BCUT2D eigenvalue weighted by Gasteiger charge is 2.02. The normalized spacial score (nSPS) is 12.5. The summed E-state index contributed by atoms with van der Waals surface area (Å²) in [6.45, 7) is 5.36.